The molecule has 1 saturated heterocycles. The van der Waals surface area contributed by atoms with Crippen molar-refractivity contribution in [1.82, 2.24) is 9.55 Å². The molecule has 4 unspecified atom stereocenters. The van der Waals surface area contributed by atoms with E-state index in [2.05, 4.69) is 25.8 Å². The fourth-order valence-corrected chi connectivity index (χ4v) is 7.69. The third-order valence-electron chi connectivity index (χ3n) is 8.61. The van der Waals surface area contributed by atoms with E-state index in [1.807, 2.05) is 47.0 Å². The number of ether oxygens (including phenoxy) is 1. The molecule has 0 aliphatic carbocycles. The number of nitrogens with two attached hydrogens (primary N) is 1. The number of H-pyrrole nitrogens is 1. The first-order chi connectivity index (χ1) is 17.4. The summed E-state index contributed by atoms with van der Waals surface area (Å²) in [7, 11) is -9.51. The highest BCUT2D eigenvalue weighted by Crippen LogP contribution is 2.54. The average Bonchev–Trinajstić information content (AvgIpc) is 3.14. The Bertz CT molecular complexity index is 1390. The number of aromatic amines is 1. The molecule has 1 aromatic rings. The van der Waals surface area contributed by atoms with E-state index < -0.39 is 66.4 Å². The minimum Gasteiger partial charge on any atom is -0.414 e. The van der Waals surface area contributed by atoms with Crippen molar-refractivity contribution in [2.75, 3.05) is 6.61 Å². The molecule has 222 valence electrons. The predicted molar refractivity (Wildman–Crippen MR) is 155 cm³/mol. The summed E-state index contributed by atoms with van der Waals surface area (Å²) < 4.78 is 52.0. The van der Waals surface area contributed by atoms with Crippen molar-refractivity contribution in [2.24, 2.45) is 5.73 Å². The summed E-state index contributed by atoms with van der Waals surface area (Å²) >= 11 is 6.24. The van der Waals surface area contributed by atoms with Crippen LogP contribution in [0, 0.1) is 6.92 Å². The predicted octanol–water partition coefficient (Wildman–Crippen LogP) is 3.62. The zero-order chi connectivity index (χ0) is 30.1. The van der Waals surface area contributed by atoms with Crippen LogP contribution in [0.2, 0.25) is 36.3 Å². The maximum atomic E-state index is 13.0. The summed E-state index contributed by atoms with van der Waals surface area (Å²) in [4.78, 5) is 27.5. The number of aryl methyl sites for hydroxylation is 1. The molecule has 2 aliphatic rings. The van der Waals surface area contributed by atoms with Gasteiger partial charge in [0.2, 0.25) is 0 Å². The van der Waals surface area contributed by atoms with Gasteiger partial charge in [0, 0.05) is 11.8 Å². The van der Waals surface area contributed by atoms with E-state index in [4.69, 9.17) is 35.1 Å². The lowest BCUT2D eigenvalue weighted by molar-refractivity contribution is -0.0563. The van der Waals surface area contributed by atoms with Gasteiger partial charge >= 0.3 is 15.8 Å². The Labute approximate surface area is 237 Å². The third-order valence-corrected chi connectivity index (χ3v) is 19.5. The van der Waals surface area contributed by atoms with Gasteiger partial charge in [0.05, 0.1) is 12.3 Å². The average molecular weight is 624 g/mol. The van der Waals surface area contributed by atoms with Gasteiger partial charge in [0.25, 0.3) is 5.56 Å². The summed E-state index contributed by atoms with van der Waals surface area (Å²) in [6.45, 7) is 21.8. The normalized spacial score (nSPS) is 28.1. The van der Waals surface area contributed by atoms with Gasteiger partial charge < -0.3 is 19.3 Å². The minimum atomic E-state index is -4.45. The van der Waals surface area contributed by atoms with E-state index in [1.54, 1.807) is 6.92 Å². The molecule has 11 nitrogen and oxygen atoms in total. The maximum Gasteiger partial charge on any atom is 0.330 e. The van der Waals surface area contributed by atoms with Crippen molar-refractivity contribution >= 4 is 38.4 Å². The lowest BCUT2D eigenvalue weighted by atomic mass is 9.89. The quantitative estimate of drug-likeness (QED) is 0.357. The van der Waals surface area contributed by atoms with Crippen molar-refractivity contribution in [3.05, 3.63) is 42.7 Å². The van der Waals surface area contributed by atoms with E-state index in [0.29, 0.717) is 0 Å². The molecule has 0 amide bonds. The molecule has 3 N–H and O–H groups in total. The topological polar surface area (TPSA) is 152 Å². The van der Waals surface area contributed by atoms with Crippen molar-refractivity contribution in [2.45, 2.75) is 109 Å². The van der Waals surface area contributed by atoms with Crippen LogP contribution in [0.3, 0.4) is 0 Å². The van der Waals surface area contributed by atoms with E-state index in [1.165, 1.54) is 10.8 Å². The lowest BCUT2D eigenvalue weighted by Gasteiger charge is -2.43. The highest BCUT2D eigenvalue weighted by atomic mass is 35.5. The second-order valence-corrected chi connectivity index (χ2v) is 25.0. The van der Waals surface area contributed by atoms with Crippen molar-refractivity contribution in [1.29, 1.82) is 0 Å². The fraction of sp³-hybridized carbons (Fsp3) is 0.750. The molecule has 39 heavy (non-hydrogen) atoms. The molecule has 3 heterocycles. The standard InChI is InChI=1S/C24H42ClN3O8SSi2/c1-14-12-28(21(30)27-19(14)29)20-17(35-39(10,11)23(5,6)7)24(16(26)18(25)37(31,32)36-24)15(34-20)13-33-38(8,9)22(2,3)4/h12,15,17,20H,13,26H2,1-11H3,(H,27,29,30). The Morgan fingerprint density at radius 2 is 1.64 bits per heavy atom. The number of hydrogen-bond donors (Lipinski definition) is 2. The van der Waals surface area contributed by atoms with Gasteiger partial charge in [-0.2, -0.15) is 8.42 Å². The van der Waals surface area contributed by atoms with E-state index in [-0.39, 0.29) is 27.9 Å². The van der Waals surface area contributed by atoms with Crippen LogP contribution >= 0.6 is 11.6 Å². The lowest BCUT2D eigenvalue weighted by Crippen LogP contribution is -2.59. The van der Waals surface area contributed by atoms with Gasteiger partial charge in [0.1, 0.15) is 12.2 Å². The Hall–Kier alpha value is -1.27. The molecule has 0 radical (unpaired) electrons. The first-order valence-electron chi connectivity index (χ1n) is 12.8. The molecule has 0 aromatic carbocycles. The Balaban J connectivity index is 2.29. The molecule has 0 bridgehead atoms. The number of nitrogens with one attached hydrogen (secondary N) is 1. The zero-order valence-electron chi connectivity index (χ0n) is 24.6. The molecule has 1 spiro atoms. The maximum absolute atomic E-state index is 13.0. The summed E-state index contributed by atoms with van der Waals surface area (Å²) in [5.74, 6) is 0. The summed E-state index contributed by atoms with van der Waals surface area (Å²) in [5, 5.41) is -0.482. The van der Waals surface area contributed by atoms with Crippen molar-refractivity contribution in [3.8, 4) is 0 Å². The van der Waals surface area contributed by atoms with Gasteiger partial charge in [-0.25, -0.2) is 8.98 Å². The van der Waals surface area contributed by atoms with E-state index in [0.717, 1.165) is 0 Å². The number of hydrogen-bond acceptors (Lipinski definition) is 9. The molecule has 4 atom stereocenters. The summed E-state index contributed by atoms with van der Waals surface area (Å²) in [6, 6.07) is 0. The molecular formula is C24H42ClN3O8SSi2. The molecule has 1 fully saturated rings. The number of halogens is 1. The van der Waals surface area contributed by atoms with Gasteiger partial charge in [0.15, 0.2) is 32.8 Å². The highest BCUT2D eigenvalue weighted by molar-refractivity contribution is 7.92. The molecule has 3 rings (SSSR count). The van der Waals surface area contributed by atoms with E-state index >= 15 is 0 Å². The van der Waals surface area contributed by atoms with Gasteiger partial charge in [-0.05, 0) is 43.2 Å². The Kier molecular flexibility index (Phi) is 8.21. The van der Waals surface area contributed by atoms with E-state index in [9.17, 15) is 18.0 Å². The van der Waals surface area contributed by atoms with Crippen molar-refractivity contribution < 1.29 is 26.2 Å². The van der Waals surface area contributed by atoms with Gasteiger partial charge in [-0.15, -0.1) is 0 Å². The van der Waals surface area contributed by atoms with Crippen molar-refractivity contribution in [3.63, 3.8) is 0 Å². The van der Waals surface area contributed by atoms with Crippen LogP contribution in [-0.2, 0) is 27.9 Å². The summed E-state index contributed by atoms with van der Waals surface area (Å²) in [5.41, 5.74) is 3.23. The third kappa shape index (κ3) is 5.50. The van der Waals surface area contributed by atoms with Gasteiger partial charge in [-0.1, -0.05) is 53.1 Å². The Morgan fingerprint density at radius 3 is 2.10 bits per heavy atom. The van der Waals surface area contributed by atoms with Crippen LogP contribution in [0.25, 0.3) is 0 Å². The monoisotopic (exact) mass is 623 g/mol. The van der Waals surface area contributed by atoms with Crippen LogP contribution in [0.5, 0.6) is 0 Å². The number of aromatic nitrogens is 2. The van der Waals surface area contributed by atoms with Gasteiger partial charge in [-0.3, -0.25) is 14.3 Å². The van der Waals surface area contributed by atoms with Crippen LogP contribution in [0.1, 0.15) is 53.3 Å². The summed E-state index contributed by atoms with van der Waals surface area (Å²) in [6.07, 6.45) is -2.20. The largest absolute Gasteiger partial charge is 0.414 e. The zero-order valence-corrected chi connectivity index (χ0v) is 28.2. The van der Waals surface area contributed by atoms with Crippen LogP contribution < -0.4 is 17.0 Å². The van der Waals surface area contributed by atoms with Crippen LogP contribution in [-0.4, -0.2) is 59.0 Å². The molecule has 2 aliphatic heterocycles. The second-order valence-electron chi connectivity index (χ2n) is 13.4. The minimum absolute atomic E-state index is 0.0954. The molecule has 15 heteroatoms. The molecule has 0 saturated carbocycles. The second kappa shape index (κ2) is 9.93. The fourth-order valence-electron chi connectivity index (χ4n) is 4.00. The SMILES string of the molecule is Cc1cn(C2OC(CO[Si](C)(C)C(C)(C)C)C3(OS(=O)(=O)C(Cl)=C3N)C2O[Si](C)(C)C(C)(C)C)c(=O)[nH]c1=O. The van der Waals surface area contributed by atoms with Crippen LogP contribution in [0.4, 0.5) is 0 Å². The molecule has 1 aromatic heterocycles. The number of nitrogens with zero attached hydrogens (tertiary/aromatic N) is 1. The first-order valence-corrected chi connectivity index (χ1v) is 20.4. The molecular weight excluding hydrogens is 582 g/mol. The Morgan fingerprint density at radius 1 is 1.10 bits per heavy atom. The number of rotatable bonds is 6. The first kappa shape index (κ1) is 32.3. The smallest absolute Gasteiger partial charge is 0.330 e. The highest BCUT2D eigenvalue weighted by Gasteiger charge is 2.69. The van der Waals surface area contributed by atoms with Crippen LogP contribution in [0.15, 0.2) is 25.8 Å².